The molecule has 4 nitrogen and oxygen atoms in total. The van der Waals surface area contributed by atoms with Crippen LogP contribution < -0.4 is 5.32 Å². The van der Waals surface area contributed by atoms with Gasteiger partial charge in [0.2, 0.25) is 5.91 Å². The van der Waals surface area contributed by atoms with Crippen molar-refractivity contribution in [3.63, 3.8) is 0 Å². The molecule has 1 heterocycles. The summed E-state index contributed by atoms with van der Waals surface area (Å²) in [5, 5.41) is 3.87. The normalized spacial score (nSPS) is 10.6. The van der Waals surface area contributed by atoms with Gasteiger partial charge in [0, 0.05) is 29.2 Å². The summed E-state index contributed by atoms with van der Waals surface area (Å²) in [6, 6.07) is 7.38. The highest BCUT2D eigenvalue weighted by molar-refractivity contribution is 5.88. The number of aromatic nitrogens is 1. The van der Waals surface area contributed by atoms with Gasteiger partial charge in [-0.2, -0.15) is 0 Å². The van der Waals surface area contributed by atoms with Crippen molar-refractivity contribution in [3.8, 4) is 0 Å². The number of hydrogen-bond acceptors (Lipinski definition) is 2. The number of rotatable bonds is 6. The van der Waals surface area contributed by atoms with Crippen molar-refractivity contribution in [2.45, 2.75) is 26.3 Å². The van der Waals surface area contributed by atoms with Gasteiger partial charge in [0.1, 0.15) is 12.8 Å². The minimum atomic E-state index is 0.0189. The molecule has 2 rings (SSSR count). The van der Waals surface area contributed by atoms with Crippen LogP contribution in [-0.2, 0) is 11.3 Å². The molecular formula is C15H18N2O2. The van der Waals surface area contributed by atoms with Crippen LogP contribution in [0.3, 0.4) is 0 Å². The zero-order chi connectivity index (χ0) is 13.7. The van der Waals surface area contributed by atoms with E-state index in [1.54, 1.807) is 6.07 Å². The molecule has 2 aromatic rings. The number of carbonyl (C=O) groups is 2. The van der Waals surface area contributed by atoms with Crippen LogP contribution in [0.2, 0.25) is 0 Å². The summed E-state index contributed by atoms with van der Waals surface area (Å²) in [5.41, 5.74) is 1.62. The first-order valence-corrected chi connectivity index (χ1v) is 6.55. The lowest BCUT2D eigenvalue weighted by Gasteiger charge is -2.07. The first-order valence-electron chi connectivity index (χ1n) is 6.55. The zero-order valence-electron chi connectivity index (χ0n) is 11.1. The summed E-state index contributed by atoms with van der Waals surface area (Å²) in [7, 11) is 0. The lowest BCUT2D eigenvalue weighted by molar-refractivity contribution is -0.121. The predicted molar refractivity (Wildman–Crippen MR) is 75.2 cm³/mol. The molecule has 1 aromatic carbocycles. The SMILES string of the molecule is CCCCNC(=O)Cn1ccc2cc(C=O)ccc21. The molecule has 0 spiro atoms. The van der Waals surface area contributed by atoms with Crippen molar-refractivity contribution < 1.29 is 9.59 Å². The molecule has 0 unspecified atom stereocenters. The van der Waals surface area contributed by atoms with E-state index in [4.69, 9.17) is 0 Å². The molecular weight excluding hydrogens is 240 g/mol. The summed E-state index contributed by atoms with van der Waals surface area (Å²) in [4.78, 5) is 22.5. The van der Waals surface area contributed by atoms with Gasteiger partial charge in [-0.25, -0.2) is 0 Å². The Morgan fingerprint density at radius 1 is 1.37 bits per heavy atom. The first-order chi connectivity index (χ1) is 9.24. The van der Waals surface area contributed by atoms with E-state index in [2.05, 4.69) is 12.2 Å². The van der Waals surface area contributed by atoms with Crippen LogP contribution in [0, 0.1) is 0 Å². The van der Waals surface area contributed by atoms with Crippen LogP contribution in [0.25, 0.3) is 10.9 Å². The number of benzene rings is 1. The van der Waals surface area contributed by atoms with Gasteiger partial charge in [0.15, 0.2) is 0 Å². The third kappa shape index (κ3) is 3.22. The summed E-state index contributed by atoms with van der Waals surface area (Å²) in [6.45, 7) is 3.13. The van der Waals surface area contributed by atoms with Gasteiger partial charge in [0.05, 0.1) is 0 Å². The highest BCUT2D eigenvalue weighted by Crippen LogP contribution is 2.16. The van der Waals surface area contributed by atoms with Gasteiger partial charge in [-0.1, -0.05) is 13.3 Å². The van der Waals surface area contributed by atoms with Gasteiger partial charge in [-0.05, 0) is 30.7 Å². The van der Waals surface area contributed by atoms with E-state index in [1.807, 2.05) is 29.0 Å². The lowest BCUT2D eigenvalue weighted by atomic mass is 10.2. The fourth-order valence-electron chi connectivity index (χ4n) is 2.05. The molecule has 0 atom stereocenters. The highest BCUT2D eigenvalue weighted by atomic mass is 16.1. The standard InChI is InChI=1S/C15H18N2O2/c1-2-3-7-16-15(19)10-17-8-6-13-9-12(11-18)4-5-14(13)17/h4-6,8-9,11H,2-3,7,10H2,1H3,(H,16,19). The molecule has 1 aromatic heterocycles. The molecule has 0 aliphatic carbocycles. The molecule has 0 fully saturated rings. The van der Waals surface area contributed by atoms with Crippen LogP contribution in [-0.4, -0.2) is 23.3 Å². The van der Waals surface area contributed by atoms with Crippen molar-refractivity contribution in [2.75, 3.05) is 6.54 Å². The fraction of sp³-hybridized carbons (Fsp3) is 0.333. The largest absolute Gasteiger partial charge is 0.355 e. The van der Waals surface area contributed by atoms with Crippen molar-refractivity contribution >= 4 is 23.1 Å². The van der Waals surface area contributed by atoms with Gasteiger partial charge < -0.3 is 9.88 Å². The fourth-order valence-corrected chi connectivity index (χ4v) is 2.05. The number of carbonyl (C=O) groups excluding carboxylic acids is 2. The molecule has 4 heteroatoms. The molecule has 100 valence electrons. The molecule has 0 bridgehead atoms. The van der Waals surface area contributed by atoms with Gasteiger partial charge in [-0.3, -0.25) is 9.59 Å². The van der Waals surface area contributed by atoms with Gasteiger partial charge in [-0.15, -0.1) is 0 Å². The van der Waals surface area contributed by atoms with E-state index in [1.165, 1.54) is 0 Å². The molecule has 0 saturated heterocycles. The number of aldehydes is 1. The van der Waals surface area contributed by atoms with Crippen LogP contribution in [0.1, 0.15) is 30.1 Å². The molecule has 0 aliphatic rings. The molecule has 19 heavy (non-hydrogen) atoms. The molecule has 0 aliphatic heterocycles. The maximum Gasteiger partial charge on any atom is 0.239 e. The quantitative estimate of drug-likeness (QED) is 0.639. The number of unbranched alkanes of at least 4 members (excludes halogenated alkanes) is 1. The second-order valence-electron chi connectivity index (χ2n) is 4.58. The Morgan fingerprint density at radius 3 is 2.95 bits per heavy atom. The molecule has 1 N–H and O–H groups in total. The Balaban J connectivity index is 2.08. The van der Waals surface area contributed by atoms with E-state index in [9.17, 15) is 9.59 Å². The monoisotopic (exact) mass is 258 g/mol. The maximum absolute atomic E-state index is 11.8. The Hall–Kier alpha value is -2.10. The summed E-state index contributed by atoms with van der Waals surface area (Å²) in [6.07, 6.45) is 4.77. The number of nitrogens with zero attached hydrogens (tertiary/aromatic N) is 1. The van der Waals surface area contributed by atoms with Crippen LogP contribution in [0.5, 0.6) is 0 Å². The Morgan fingerprint density at radius 2 is 2.21 bits per heavy atom. The van der Waals surface area contributed by atoms with E-state index in [-0.39, 0.29) is 5.91 Å². The molecule has 0 radical (unpaired) electrons. The summed E-state index contributed by atoms with van der Waals surface area (Å²) >= 11 is 0. The molecule has 0 saturated carbocycles. The van der Waals surface area contributed by atoms with Crippen LogP contribution in [0.15, 0.2) is 30.5 Å². The Bertz CT molecular complexity index is 587. The van der Waals surface area contributed by atoms with E-state index < -0.39 is 0 Å². The van der Waals surface area contributed by atoms with E-state index in [0.717, 1.165) is 36.6 Å². The van der Waals surface area contributed by atoms with Crippen LogP contribution in [0.4, 0.5) is 0 Å². The third-order valence-corrected chi connectivity index (χ3v) is 3.10. The van der Waals surface area contributed by atoms with Crippen molar-refractivity contribution in [3.05, 3.63) is 36.0 Å². The topological polar surface area (TPSA) is 51.1 Å². The Kier molecular flexibility index (Phi) is 4.34. The predicted octanol–water partition coefficient (Wildman–Crippen LogP) is 2.37. The van der Waals surface area contributed by atoms with E-state index >= 15 is 0 Å². The van der Waals surface area contributed by atoms with Crippen molar-refractivity contribution in [2.24, 2.45) is 0 Å². The van der Waals surface area contributed by atoms with Gasteiger partial charge in [0.25, 0.3) is 0 Å². The van der Waals surface area contributed by atoms with Gasteiger partial charge >= 0.3 is 0 Å². The summed E-state index contributed by atoms with van der Waals surface area (Å²) in [5.74, 6) is 0.0189. The highest BCUT2D eigenvalue weighted by Gasteiger charge is 2.06. The first kappa shape index (κ1) is 13.3. The number of fused-ring (bicyclic) bond motifs is 1. The average Bonchev–Trinajstić information content (AvgIpc) is 2.81. The number of nitrogens with one attached hydrogen (secondary N) is 1. The second kappa shape index (κ2) is 6.18. The second-order valence-corrected chi connectivity index (χ2v) is 4.58. The van der Waals surface area contributed by atoms with Crippen LogP contribution >= 0.6 is 0 Å². The maximum atomic E-state index is 11.8. The minimum Gasteiger partial charge on any atom is -0.355 e. The van der Waals surface area contributed by atoms with E-state index in [0.29, 0.717) is 12.1 Å². The zero-order valence-corrected chi connectivity index (χ0v) is 11.1. The Labute approximate surface area is 112 Å². The number of hydrogen-bond donors (Lipinski definition) is 1. The average molecular weight is 258 g/mol. The smallest absolute Gasteiger partial charge is 0.239 e. The third-order valence-electron chi connectivity index (χ3n) is 3.10. The summed E-state index contributed by atoms with van der Waals surface area (Å²) < 4.78 is 1.89. The lowest BCUT2D eigenvalue weighted by Crippen LogP contribution is -2.28. The minimum absolute atomic E-state index is 0.0189. The number of amides is 1. The van der Waals surface area contributed by atoms with Crippen molar-refractivity contribution in [1.82, 2.24) is 9.88 Å². The van der Waals surface area contributed by atoms with Crippen molar-refractivity contribution in [1.29, 1.82) is 0 Å². The molecule has 1 amide bonds.